The summed E-state index contributed by atoms with van der Waals surface area (Å²) in [4.78, 5) is 12.0. The third-order valence-corrected chi connectivity index (χ3v) is 4.44. The summed E-state index contributed by atoms with van der Waals surface area (Å²) in [6, 6.07) is 5.75. The number of benzene rings is 1. The third-order valence-electron chi connectivity index (χ3n) is 3.36. The van der Waals surface area contributed by atoms with E-state index in [-0.39, 0.29) is 23.6 Å². The van der Waals surface area contributed by atoms with E-state index >= 15 is 0 Å². The second-order valence-electron chi connectivity index (χ2n) is 5.33. The Bertz CT molecular complexity index is 761. The number of nitrogens with one attached hydrogen (secondary N) is 1. The van der Waals surface area contributed by atoms with Gasteiger partial charge < -0.3 is 10.1 Å². The fourth-order valence-electron chi connectivity index (χ4n) is 2.03. The Labute approximate surface area is 156 Å². The molecule has 0 aliphatic rings. The smallest absolute Gasteiger partial charge is 0.233 e. The number of ether oxygens (including phenoxy) is 1. The highest BCUT2D eigenvalue weighted by Gasteiger charge is 2.19. The maximum atomic E-state index is 12.9. The molecule has 2 aromatic rings. The van der Waals surface area contributed by atoms with Crippen LogP contribution in [0.3, 0.4) is 0 Å². The van der Waals surface area contributed by atoms with Crippen LogP contribution in [0.1, 0.15) is 12.7 Å². The first-order valence-corrected chi connectivity index (χ1v) is 8.89. The maximum Gasteiger partial charge on any atom is 0.233 e. The molecular weight excluding hydrogens is 355 g/mol. The van der Waals surface area contributed by atoms with Crippen LogP contribution >= 0.6 is 11.8 Å². The SMILES string of the molecule is C=CCNC(=O)[C@@H](C)Sc1nnc(COc2ccc(F)cc2)n1CC=C. The van der Waals surface area contributed by atoms with Crippen molar-refractivity contribution in [1.29, 1.82) is 0 Å². The second-order valence-corrected chi connectivity index (χ2v) is 6.64. The van der Waals surface area contributed by atoms with Crippen molar-refractivity contribution in [3.8, 4) is 5.75 Å². The molecule has 0 radical (unpaired) electrons. The molecule has 2 rings (SSSR count). The number of hydrogen-bond donors (Lipinski definition) is 1. The van der Waals surface area contributed by atoms with Gasteiger partial charge in [-0.05, 0) is 31.2 Å². The largest absolute Gasteiger partial charge is 0.486 e. The lowest BCUT2D eigenvalue weighted by molar-refractivity contribution is -0.120. The normalized spacial score (nSPS) is 11.6. The Morgan fingerprint density at radius 3 is 2.73 bits per heavy atom. The summed E-state index contributed by atoms with van der Waals surface area (Å²) in [6.07, 6.45) is 3.34. The maximum absolute atomic E-state index is 12.9. The van der Waals surface area contributed by atoms with E-state index in [0.717, 1.165) is 0 Å². The van der Waals surface area contributed by atoms with Crippen molar-refractivity contribution in [1.82, 2.24) is 20.1 Å². The Kier molecular flexibility index (Phi) is 7.40. The molecule has 1 N–H and O–H groups in total. The molecule has 0 fully saturated rings. The third kappa shape index (κ3) is 5.45. The number of rotatable bonds is 10. The Morgan fingerprint density at radius 2 is 2.08 bits per heavy atom. The molecule has 26 heavy (non-hydrogen) atoms. The lowest BCUT2D eigenvalue weighted by Crippen LogP contribution is -2.31. The van der Waals surface area contributed by atoms with Gasteiger partial charge in [-0.25, -0.2) is 4.39 Å². The van der Waals surface area contributed by atoms with Gasteiger partial charge in [-0.1, -0.05) is 23.9 Å². The number of carbonyl (C=O) groups excluding carboxylic acids is 1. The molecule has 1 aromatic carbocycles. The van der Waals surface area contributed by atoms with E-state index in [2.05, 4.69) is 28.7 Å². The topological polar surface area (TPSA) is 69.0 Å². The van der Waals surface area contributed by atoms with Gasteiger partial charge in [0.15, 0.2) is 11.0 Å². The van der Waals surface area contributed by atoms with Gasteiger partial charge in [0.25, 0.3) is 0 Å². The number of halogens is 1. The van der Waals surface area contributed by atoms with E-state index in [1.165, 1.54) is 23.9 Å². The van der Waals surface area contributed by atoms with Crippen molar-refractivity contribution < 1.29 is 13.9 Å². The molecule has 0 unspecified atom stereocenters. The van der Waals surface area contributed by atoms with E-state index in [4.69, 9.17) is 4.74 Å². The molecule has 0 saturated heterocycles. The van der Waals surface area contributed by atoms with Gasteiger partial charge in [0.1, 0.15) is 18.2 Å². The van der Waals surface area contributed by atoms with Crippen LogP contribution in [0.2, 0.25) is 0 Å². The molecule has 1 aromatic heterocycles. The first kappa shape index (κ1) is 19.7. The molecule has 0 spiro atoms. The minimum absolute atomic E-state index is 0.104. The second kappa shape index (κ2) is 9.76. The summed E-state index contributed by atoms with van der Waals surface area (Å²) < 4.78 is 20.4. The minimum Gasteiger partial charge on any atom is -0.486 e. The van der Waals surface area contributed by atoms with Crippen LogP contribution < -0.4 is 10.1 Å². The molecule has 0 aliphatic heterocycles. The fraction of sp³-hybridized carbons (Fsp3) is 0.278. The number of nitrogens with zero attached hydrogens (tertiary/aromatic N) is 3. The zero-order valence-corrected chi connectivity index (χ0v) is 15.3. The van der Waals surface area contributed by atoms with Crippen molar-refractivity contribution in [3.63, 3.8) is 0 Å². The molecule has 1 heterocycles. The first-order chi connectivity index (χ1) is 12.5. The number of aromatic nitrogens is 3. The molecule has 0 saturated carbocycles. The standard InChI is InChI=1S/C18H21FN4O2S/c1-4-10-20-17(24)13(3)26-18-22-21-16(23(18)11-5-2)12-25-15-8-6-14(19)7-9-15/h4-9,13H,1-2,10-12H2,3H3,(H,20,24)/t13-/m1/s1. The predicted molar refractivity (Wildman–Crippen MR) is 99.5 cm³/mol. The van der Waals surface area contributed by atoms with Crippen LogP contribution in [-0.4, -0.2) is 32.5 Å². The zero-order chi connectivity index (χ0) is 18.9. The molecule has 0 aliphatic carbocycles. The zero-order valence-electron chi connectivity index (χ0n) is 14.5. The highest BCUT2D eigenvalue weighted by Crippen LogP contribution is 2.23. The van der Waals surface area contributed by atoms with E-state index in [1.807, 2.05) is 4.57 Å². The molecule has 6 nitrogen and oxygen atoms in total. The van der Waals surface area contributed by atoms with E-state index in [1.54, 1.807) is 31.2 Å². The van der Waals surface area contributed by atoms with E-state index in [0.29, 0.717) is 29.8 Å². The summed E-state index contributed by atoms with van der Waals surface area (Å²) in [6.45, 7) is 10.2. The highest BCUT2D eigenvalue weighted by atomic mass is 32.2. The summed E-state index contributed by atoms with van der Waals surface area (Å²) in [7, 11) is 0. The molecule has 1 amide bonds. The highest BCUT2D eigenvalue weighted by molar-refractivity contribution is 8.00. The van der Waals surface area contributed by atoms with Crippen LogP contribution in [-0.2, 0) is 17.9 Å². The Balaban J connectivity index is 2.06. The number of amides is 1. The summed E-state index contributed by atoms with van der Waals surface area (Å²) in [5, 5.41) is 11.3. The van der Waals surface area contributed by atoms with Crippen LogP contribution in [0.15, 0.2) is 54.7 Å². The van der Waals surface area contributed by atoms with Crippen molar-refractivity contribution in [2.45, 2.75) is 30.5 Å². The average molecular weight is 376 g/mol. The monoisotopic (exact) mass is 376 g/mol. The van der Waals surface area contributed by atoms with Gasteiger partial charge in [-0.3, -0.25) is 9.36 Å². The van der Waals surface area contributed by atoms with Gasteiger partial charge in [0, 0.05) is 13.1 Å². The van der Waals surface area contributed by atoms with E-state index in [9.17, 15) is 9.18 Å². The predicted octanol–water partition coefficient (Wildman–Crippen LogP) is 2.97. The number of carbonyl (C=O) groups is 1. The van der Waals surface area contributed by atoms with Crippen molar-refractivity contribution in [2.24, 2.45) is 0 Å². The van der Waals surface area contributed by atoms with Gasteiger partial charge in [0.05, 0.1) is 5.25 Å². The first-order valence-electron chi connectivity index (χ1n) is 8.01. The van der Waals surface area contributed by atoms with Crippen molar-refractivity contribution in [3.05, 3.63) is 61.2 Å². The van der Waals surface area contributed by atoms with Crippen LogP contribution in [0.25, 0.3) is 0 Å². The Hall–Kier alpha value is -2.61. The minimum atomic E-state index is -0.339. The Morgan fingerprint density at radius 1 is 1.35 bits per heavy atom. The van der Waals surface area contributed by atoms with Gasteiger partial charge >= 0.3 is 0 Å². The molecular formula is C18H21FN4O2S. The quantitative estimate of drug-likeness (QED) is 0.510. The molecule has 0 bridgehead atoms. The number of hydrogen-bond acceptors (Lipinski definition) is 5. The van der Waals surface area contributed by atoms with E-state index < -0.39 is 0 Å². The fourth-order valence-corrected chi connectivity index (χ4v) is 2.93. The van der Waals surface area contributed by atoms with Gasteiger partial charge in [0.2, 0.25) is 5.91 Å². The summed E-state index contributed by atoms with van der Waals surface area (Å²) >= 11 is 1.30. The lowest BCUT2D eigenvalue weighted by Gasteiger charge is -2.12. The van der Waals surface area contributed by atoms with Crippen LogP contribution in [0.5, 0.6) is 5.75 Å². The summed E-state index contributed by atoms with van der Waals surface area (Å²) in [5.74, 6) is 0.697. The van der Waals surface area contributed by atoms with Crippen molar-refractivity contribution in [2.75, 3.05) is 6.54 Å². The molecule has 138 valence electrons. The van der Waals surface area contributed by atoms with Gasteiger partial charge in [-0.15, -0.1) is 23.4 Å². The van der Waals surface area contributed by atoms with Gasteiger partial charge in [-0.2, -0.15) is 0 Å². The summed E-state index contributed by atoms with van der Waals surface area (Å²) in [5.41, 5.74) is 0. The average Bonchev–Trinajstić information content (AvgIpc) is 3.01. The van der Waals surface area contributed by atoms with Crippen LogP contribution in [0, 0.1) is 5.82 Å². The lowest BCUT2D eigenvalue weighted by atomic mass is 10.3. The van der Waals surface area contributed by atoms with Crippen LogP contribution in [0.4, 0.5) is 4.39 Å². The number of allylic oxidation sites excluding steroid dienone is 1. The van der Waals surface area contributed by atoms with Crippen molar-refractivity contribution >= 4 is 17.7 Å². The molecule has 1 atom stereocenters. The molecule has 8 heteroatoms. The number of thioether (sulfide) groups is 1.